The van der Waals surface area contributed by atoms with Crippen LogP contribution in [0.25, 0.3) is 0 Å². The predicted molar refractivity (Wildman–Crippen MR) is 85.6 cm³/mol. The van der Waals surface area contributed by atoms with E-state index in [2.05, 4.69) is 59.4 Å². The summed E-state index contributed by atoms with van der Waals surface area (Å²) in [5, 5.41) is 3.53. The summed E-state index contributed by atoms with van der Waals surface area (Å²) in [6, 6.07) is 8.60. The van der Waals surface area contributed by atoms with Gasteiger partial charge < -0.3 is 10.1 Å². The van der Waals surface area contributed by atoms with Crippen LogP contribution < -0.4 is 5.32 Å². The van der Waals surface area contributed by atoms with Crippen molar-refractivity contribution < 1.29 is 4.74 Å². The molecule has 2 atom stereocenters. The quantitative estimate of drug-likeness (QED) is 0.691. The molecule has 0 heterocycles. The molecule has 0 saturated heterocycles. The Morgan fingerprint density at radius 3 is 2.79 bits per heavy atom. The first kappa shape index (κ1) is 16.7. The highest BCUT2D eigenvalue weighted by atomic mass is 79.9. The maximum atomic E-state index is 5.41. The van der Waals surface area contributed by atoms with E-state index in [1.165, 1.54) is 12.0 Å². The van der Waals surface area contributed by atoms with Crippen LogP contribution >= 0.6 is 15.9 Å². The lowest BCUT2D eigenvalue weighted by Gasteiger charge is -2.21. The average Bonchev–Trinajstić information content (AvgIpc) is 2.38. The molecule has 1 N–H and O–H groups in total. The lowest BCUT2D eigenvalue weighted by molar-refractivity contribution is 0.0946. The van der Waals surface area contributed by atoms with Gasteiger partial charge in [0.15, 0.2) is 0 Å². The first-order chi connectivity index (χ1) is 9.15. The Kier molecular flexibility index (Phi) is 8.35. The molecule has 1 aromatic rings. The number of hydrogen-bond acceptors (Lipinski definition) is 2. The second-order valence-electron chi connectivity index (χ2n) is 5.19. The summed E-state index contributed by atoms with van der Waals surface area (Å²) in [6.07, 6.45) is 3.70. The van der Waals surface area contributed by atoms with Crippen molar-refractivity contribution in [2.24, 2.45) is 5.92 Å². The van der Waals surface area contributed by atoms with Gasteiger partial charge in [0.25, 0.3) is 0 Å². The van der Waals surface area contributed by atoms with Gasteiger partial charge in [-0.3, -0.25) is 0 Å². The van der Waals surface area contributed by atoms with Gasteiger partial charge in [0, 0.05) is 11.6 Å². The summed E-state index contributed by atoms with van der Waals surface area (Å²) in [5.74, 6) is 0.621. The largest absolute Gasteiger partial charge is 0.382 e. The minimum Gasteiger partial charge on any atom is -0.382 e. The second-order valence-corrected chi connectivity index (χ2v) is 6.10. The fourth-order valence-electron chi connectivity index (χ4n) is 2.28. The van der Waals surface area contributed by atoms with Crippen LogP contribution in [0.4, 0.5) is 0 Å². The fourth-order valence-corrected chi connectivity index (χ4v) is 2.73. The molecule has 3 heteroatoms. The normalized spacial score (nSPS) is 14.3. The number of halogens is 1. The summed E-state index contributed by atoms with van der Waals surface area (Å²) in [4.78, 5) is 0. The van der Waals surface area contributed by atoms with E-state index in [9.17, 15) is 0 Å². The van der Waals surface area contributed by atoms with Crippen molar-refractivity contribution >= 4 is 15.9 Å². The standard InChI is InChI=1S/C16H26BrNO/c1-4-8-18-12-15(9-13(2)19-3)10-14-6-5-7-16(17)11-14/h5-7,11,13,15,18H,4,8-10,12H2,1-3H3. The minimum absolute atomic E-state index is 0.320. The van der Waals surface area contributed by atoms with E-state index >= 15 is 0 Å². The molecule has 0 aliphatic rings. The van der Waals surface area contributed by atoms with Crippen molar-refractivity contribution in [2.45, 2.75) is 39.2 Å². The Hall–Kier alpha value is -0.380. The molecule has 1 rings (SSSR count). The number of hydrogen-bond donors (Lipinski definition) is 1. The van der Waals surface area contributed by atoms with Gasteiger partial charge >= 0.3 is 0 Å². The van der Waals surface area contributed by atoms with Crippen molar-refractivity contribution in [1.82, 2.24) is 5.32 Å². The van der Waals surface area contributed by atoms with Crippen LogP contribution in [0.15, 0.2) is 28.7 Å². The zero-order valence-corrected chi connectivity index (χ0v) is 13.9. The Labute approximate surface area is 126 Å². The third-order valence-electron chi connectivity index (χ3n) is 3.34. The molecule has 0 saturated carbocycles. The molecule has 2 unspecified atom stereocenters. The monoisotopic (exact) mass is 327 g/mol. The highest BCUT2D eigenvalue weighted by molar-refractivity contribution is 9.10. The SMILES string of the molecule is CCCNCC(Cc1cccc(Br)c1)CC(C)OC. The molecule has 0 bridgehead atoms. The van der Waals surface area contributed by atoms with Crippen molar-refractivity contribution in [2.75, 3.05) is 20.2 Å². The molecule has 0 aliphatic carbocycles. The van der Waals surface area contributed by atoms with E-state index in [0.717, 1.165) is 30.4 Å². The van der Waals surface area contributed by atoms with Crippen LogP contribution in [0.1, 0.15) is 32.3 Å². The van der Waals surface area contributed by atoms with Crippen LogP contribution in [0.3, 0.4) is 0 Å². The van der Waals surface area contributed by atoms with Gasteiger partial charge in [-0.15, -0.1) is 0 Å². The summed E-state index contributed by atoms with van der Waals surface area (Å²) in [6.45, 7) is 6.51. The Morgan fingerprint density at radius 2 is 2.16 bits per heavy atom. The molecule has 2 nitrogen and oxygen atoms in total. The molecule has 0 fully saturated rings. The Morgan fingerprint density at radius 1 is 1.37 bits per heavy atom. The van der Waals surface area contributed by atoms with Gasteiger partial charge in [0.05, 0.1) is 6.10 Å². The second kappa shape index (κ2) is 9.51. The number of ether oxygens (including phenoxy) is 1. The van der Waals surface area contributed by atoms with Crippen molar-refractivity contribution in [3.63, 3.8) is 0 Å². The van der Waals surface area contributed by atoms with Crippen molar-refractivity contribution in [3.8, 4) is 0 Å². The van der Waals surface area contributed by atoms with Crippen LogP contribution in [0.2, 0.25) is 0 Å². The highest BCUT2D eigenvalue weighted by Gasteiger charge is 2.13. The fraction of sp³-hybridized carbons (Fsp3) is 0.625. The molecule has 0 spiro atoms. The first-order valence-corrected chi connectivity index (χ1v) is 7.93. The smallest absolute Gasteiger partial charge is 0.0546 e. The Balaban J connectivity index is 2.56. The minimum atomic E-state index is 0.320. The van der Waals surface area contributed by atoms with E-state index in [1.807, 2.05) is 0 Å². The van der Waals surface area contributed by atoms with Crippen molar-refractivity contribution in [3.05, 3.63) is 34.3 Å². The molecule has 0 aliphatic heterocycles. The zero-order chi connectivity index (χ0) is 14.1. The number of nitrogens with one attached hydrogen (secondary N) is 1. The van der Waals surface area contributed by atoms with Crippen LogP contribution in [0, 0.1) is 5.92 Å². The van der Waals surface area contributed by atoms with Crippen LogP contribution in [-0.2, 0) is 11.2 Å². The molecule has 19 heavy (non-hydrogen) atoms. The Bertz CT molecular complexity index is 356. The van der Waals surface area contributed by atoms with E-state index in [1.54, 1.807) is 7.11 Å². The topological polar surface area (TPSA) is 21.3 Å². The molecule has 1 aromatic carbocycles. The van der Waals surface area contributed by atoms with Gasteiger partial charge in [-0.25, -0.2) is 0 Å². The van der Waals surface area contributed by atoms with Crippen LogP contribution in [-0.4, -0.2) is 26.3 Å². The molecular formula is C16H26BrNO. The van der Waals surface area contributed by atoms with Gasteiger partial charge in [0.2, 0.25) is 0 Å². The highest BCUT2D eigenvalue weighted by Crippen LogP contribution is 2.18. The molecule has 0 aromatic heterocycles. The summed E-state index contributed by atoms with van der Waals surface area (Å²) < 4.78 is 6.57. The van der Waals surface area contributed by atoms with E-state index < -0.39 is 0 Å². The van der Waals surface area contributed by atoms with Crippen LogP contribution in [0.5, 0.6) is 0 Å². The van der Waals surface area contributed by atoms with Crippen molar-refractivity contribution in [1.29, 1.82) is 0 Å². The summed E-state index contributed by atoms with van der Waals surface area (Å²) >= 11 is 3.54. The summed E-state index contributed by atoms with van der Waals surface area (Å²) in [7, 11) is 1.79. The van der Waals surface area contributed by atoms with Gasteiger partial charge in [-0.2, -0.15) is 0 Å². The molecule has 0 amide bonds. The van der Waals surface area contributed by atoms with E-state index in [4.69, 9.17) is 4.74 Å². The lowest BCUT2D eigenvalue weighted by Crippen LogP contribution is -2.27. The van der Waals surface area contributed by atoms with Gasteiger partial charge in [0.1, 0.15) is 0 Å². The van der Waals surface area contributed by atoms with E-state index in [-0.39, 0.29) is 0 Å². The molecular weight excluding hydrogens is 302 g/mol. The number of methoxy groups -OCH3 is 1. The zero-order valence-electron chi connectivity index (χ0n) is 12.3. The van der Waals surface area contributed by atoms with E-state index in [0.29, 0.717) is 12.0 Å². The number of benzene rings is 1. The molecule has 108 valence electrons. The summed E-state index contributed by atoms with van der Waals surface area (Å²) in [5.41, 5.74) is 1.39. The third kappa shape index (κ3) is 7.09. The lowest BCUT2D eigenvalue weighted by atomic mass is 9.94. The third-order valence-corrected chi connectivity index (χ3v) is 3.83. The molecule has 0 radical (unpaired) electrons. The predicted octanol–water partition coefficient (Wildman–Crippen LogP) is 4.03. The average molecular weight is 328 g/mol. The van der Waals surface area contributed by atoms with Gasteiger partial charge in [-0.05, 0) is 62.9 Å². The van der Waals surface area contributed by atoms with Gasteiger partial charge in [-0.1, -0.05) is 35.0 Å². The maximum Gasteiger partial charge on any atom is 0.0546 e. The maximum absolute atomic E-state index is 5.41. The first-order valence-electron chi connectivity index (χ1n) is 7.13. The number of rotatable bonds is 9.